The minimum absolute atomic E-state index is 0.109. The molecule has 0 radical (unpaired) electrons. The molecule has 0 aliphatic carbocycles. The summed E-state index contributed by atoms with van der Waals surface area (Å²) in [6.45, 7) is 4.14. The Hall–Kier alpha value is -1.47. The van der Waals surface area contributed by atoms with Gasteiger partial charge in [0.15, 0.2) is 0 Å². The average Bonchev–Trinajstić information content (AvgIpc) is 2.43. The van der Waals surface area contributed by atoms with Crippen LogP contribution in [0.5, 0.6) is 0 Å². The van der Waals surface area contributed by atoms with Crippen LogP contribution in [0.2, 0.25) is 0 Å². The molecule has 1 amide bonds. The van der Waals surface area contributed by atoms with Crippen LogP contribution in [0, 0.1) is 10.1 Å². The topological polar surface area (TPSA) is 75.5 Å². The first-order valence-corrected chi connectivity index (χ1v) is 7.72. The summed E-state index contributed by atoms with van der Waals surface area (Å²) >= 11 is 3.11. The molecule has 1 fully saturated rings. The van der Waals surface area contributed by atoms with Gasteiger partial charge >= 0.3 is 0 Å². The van der Waals surface area contributed by atoms with Gasteiger partial charge in [0.05, 0.1) is 9.40 Å². The predicted octanol–water partition coefficient (Wildman–Crippen LogP) is 3.27. The highest BCUT2D eigenvalue weighted by Crippen LogP contribution is 2.26. The number of hydrogen-bond donors (Lipinski definition) is 1. The summed E-state index contributed by atoms with van der Waals surface area (Å²) in [6.07, 6.45) is 3.22. The molecule has 114 valence electrons. The predicted molar refractivity (Wildman–Crippen MR) is 82.9 cm³/mol. The van der Waals surface area contributed by atoms with Gasteiger partial charge in [0.2, 0.25) is 0 Å². The molecule has 2 unspecified atom stereocenters. The van der Waals surface area contributed by atoms with E-state index in [9.17, 15) is 14.9 Å². The van der Waals surface area contributed by atoms with Crippen molar-refractivity contribution in [3.8, 4) is 0 Å². The largest absolute Gasteiger partial charge is 0.284 e. The summed E-state index contributed by atoms with van der Waals surface area (Å²) in [4.78, 5) is 22.7. The molecule has 1 saturated heterocycles. The highest BCUT2D eigenvalue weighted by molar-refractivity contribution is 9.10. The molecular formula is C14H18BrN3O3. The molecule has 1 N–H and O–H groups in total. The van der Waals surface area contributed by atoms with E-state index >= 15 is 0 Å². The second kappa shape index (κ2) is 6.53. The summed E-state index contributed by atoms with van der Waals surface area (Å²) in [7, 11) is 0. The maximum Gasteiger partial charge on any atom is 0.284 e. The Labute approximate surface area is 131 Å². The lowest BCUT2D eigenvalue weighted by molar-refractivity contribution is -0.385. The third kappa shape index (κ3) is 3.59. The first-order valence-electron chi connectivity index (χ1n) is 6.93. The standard InChI is InChI=1S/C14H18BrN3O3/c1-9-4-3-5-10(2)17(9)16-14(19)11-6-7-12(15)13(8-11)18(20)21/h6-10H,3-5H2,1-2H3,(H,16,19). The highest BCUT2D eigenvalue weighted by atomic mass is 79.9. The van der Waals surface area contributed by atoms with E-state index in [1.807, 2.05) is 5.01 Å². The van der Waals surface area contributed by atoms with Crippen LogP contribution in [0.15, 0.2) is 22.7 Å². The SMILES string of the molecule is CC1CCCC(C)N1NC(=O)c1ccc(Br)c([N+](=O)[O-])c1. The summed E-state index contributed by atoms with van der Waals surface area (Å²) < 4.78 is 0.365. The quantitative estimate of drug-likeness (QED) is 0.666. The number of nitrogens with one attached hydrogen (secondary N) is 1. The van der Waals surface area contributed by atoms with Crippen molar-refractivity contribution < 1.29 is 9.72 Å². The molecule has 1 aromatic rings. The number of hydrazine groups is 1. The van der Waals surface area contributed by atoms with E-state index in [4.69, 9.17) is 0 Å². The zero-order chi connectivity index (χ0) is 15.6. The van der Waals surface area contributed by atoms with Gasteiger partial charge in [0.25, 0.3) is 11.6 Å². The van der Waals surface area contributed by atoms with E-state index in [0.29, 0.717) is 4.47 Å². The molecule has 1 aliphatic rings. The normalized spacial score (nSPS) is 22.8. The minimum Gasteiger partial charge on any atom is -0.284 e. The number of rotatable bonds is 3. The van der Waals surface area contributed by atoms with E-state index in [1.165, 1.54) is 12.1 Å². The van der Waals surface area contributed by atoms with Gasteiger partial charge in [-0.15, -0.1) is 0 Å². The van der Waals surface area contributed by atoms with Gasteiger partial charge in [-0.1, -0.05) is 6.42 Å². The van der Waals surface area contributed by atoms with Gasteiger partial charge in [0, 0.05) is 23.7 Å². The molecule has 0 saturated carbocycles. The van der Waals surface area contributed by atoms with Crippen molar-refractivity contribution in [3.05, 3.63) is 38.3 Å². The number of nitro benzene ring substituents is 1. The van der Waals surface area contributed by atoms with Crippen molar-refractivity contribution >= 4 is 27.5 Å². The molecule has 0 spiro atoms. The van der Waals surface area contributed by atoms with Gasteiger partial charge in [-0.2, -0.15) is 0 Å². The second-order valence-corrected chi connectivity index (χ2v) is 6.25. The maximum atomic E-state index is 12.3. The first-order chi connectivity index (χ1) is 9.90. The summed E-state index contributed by atoms with van der Waals surface area (Å²) in [6, 6.07) is 4.92. The molecule has 1 aromatic carbocycles. The van der Waals surface area contributed by atoms with Crippen molar-refractivity contribution in [2.75, 3.05) is 0 Å². The summed E-state index contributed by atoms with van der Waals surface area (Å²) in [5, 5.41) is 12.9. The Morgan fingerprint density at radius 1 is 1.38 bits per heavy atom. The summed E-state index contributed by atoms with van der Waals surface area (Å²) in [5.41, 5.74) is 3.05. The number of carbonyl (C=O) groups is 1. The van der Waals surface area contributed by atoms with Crippen molar-refractivity contribution in [2.45, 2.75) is 45.2 Å². The van der Waals surface area contributed by atoms with Crippen molar-refractivity contribution in [1.29, 1.82) is 0 Å². The number of halogens is 1. The lowest BCUT2D eigenvalue weighted by Gasteiger charge is -2.38. The Bertz CT molecular complexity index is 554. The molecule has 1 heterocycles. The maximum absolute atomic E-state index is 12.3. The number of hydrogen-bond acceptors (Lipinski definition) is 4. The molecule has 2 atom stereocenters. The van der Waals surface area contributed by atoms with E-state index in [-0.39, 0.29) is 29.2 Å². The van der Waals surface area contributed by atoms with Gasteiger partial charge in [-0.25, -0.2) is 5.01 Å². The fraction of sp³-hybridized carbons (Fsp3) is 0.500. The smallest absolute Gasteiger partial charge is 0.284 e. The molecule has 6 nitrogen and oxygen atoms in total. The Kier molecular flexibility index (Phi) is 4.95. The van der Waals surface area contributed by atoms with Gasteiger partial charge < -0.3 is 0 Å². The van der Waals surface area contributed by atoms with Crippen molar-refractivity contribution in [2.24, 2.45) is 0 Å². The average molecular weight is 356 g/mol. The summed E-state index contributed by atoms with van der Waals surface area (Å²) in [5.74, 6) is -0.314. The number of piperidine rings is 1. The molecule has 1 aliphatic heterocycles. The van der Waals surface area contributed by atoms with Crippen molar-refractivity contribution in [1.82, 2.24) is 10.4 Å². The van der Waals surface area contributed by atoms with Crippen LogP contribution < -0.4 is 5.43 Å². The van der Waals surface area contributed by atoms with E-state index in [1.54, 1.807) is 6.07 Å². The van der Waals surface area contributed by atoms with Crippen molar-refractivity contribution in [3.63, 3.8) is 0 Å². The number of benzene rings is 1. The van der Waals surface area contributed by atoms with Crippen LogP contribution in [0.1, 0.15) is 43.5 Å². The van der Waals surface area contributed by atoms with Gasteiger partial charge in [-0.05, 0) is 54.8 Å². The number of nitro groups is 1. The lowest BCUT2D eigenvalue weighted by atomic mass is 10.00. The van der Waals surface area contributed by atoms with E-state index in [0.717, 1.165) is 19.3 Å². The lowest BCUT2D eigenvalue weighted by Crippen LogP contribution is -2.54. The fourth-order valence-corrected chi connectivity index (χ4v) is 3.01. The zero-order valence-electron chi connectivity index (χ0n) is 12.0. The highest BCUT2D eigenvalue weighted by Gasteiger charge is 2.27. The van der Waals surface area contributed by atoms with Crippen LogP contribution in [-0.2, 0) is 0 Å². The molecule has 2 rings (SSSR count). The monoisotopic (exact) mass is 355 g/mol. The molecule has 21 heavy (non-hydrogen) atoms. The third-order valence-corrected chi connectivity index (χ3v) is 4.50. The number of carbonyl (C=O) groups excluding carboxylic acids is 1. The van der Waals surface area contributed by atoms with Crippen LogP contribution >= 0.6 is 15.9 Å². The number of nitrogens with zero attached hydrogens (tertiary/aromatic N) is 2. The van der Waals surface area contributed by atoms with Crippen LogP contribution in [0.25, 0.3) is 0 Å². The molecule has 0 aromatic heterocycles. The third-order valence-electron chi connectivity index (χ3n) is 3.83. The molecule has 7 heteroatoms. The number of amides is 1. The van der Waals surface area contributed by atoms with E-state index in [2.05, 4.69) is 35.2 Å². The van der Waals surface area contributed by atoms with Crippen LogP contribution in [-0.4, -0.2) is 27.9 Å². The molecule has 0 bridgehead atoms. The van der Waals surface area contributed by atoms with Crippen LogP contribution in [0.3, 0.4) is 0 Å². The first kappa shape index (κ1) is 15.9. The fourth-order valence-electron chi connectivity index (χ4n) is 2.62. The Morgan fingerprint density at radius 3 is 2.57 bits per heavy atom. The van der Waals surface area contributed by atoms with Gasteiger partial charge in [0.1, 0.15) is 0 Å². The Balaban J connectivity index is 2.16. The minimum atomic E-state index is -0.507. The van der Waals surface area contributed by atoms with Gasteiger partial charge in [-0.3, -0.25) is 20.3 Å². The zero-order valence-corrected chi connectivity index (χ0v) is 13.6. The Morgan fingerprint density at radius 2 is 2.00 bits per heavy atom. The van der Waals surface area contributed by atoms with E-state index < -0.39 is 4.92 Å². The van der Waals surface area contributed by atoms with Crippen LogP contribution in [0.4, 0.5) is 5.69 Å². The molecular weight excluding hydrogens is 338 g/mol. The second-order valence-electron chi connectivity index (χ2n) is 5.40.